The van der Waals surface area contributed by atoms with Gasteiger partial charge in [0.15, 0.2) is 0 Å². The van der Waals surface area contributed by atoms with Gasteiger partial charge >= 0.3 is 0 Å². The Morgan fingerprint density at radius 3 is 2.43 bits per heavy atom. The average Bonchev–Trinajstić information content (AvgIpc) is 3.71. The highest BCUT2D eigenvalue weighted by Gasteiger charge is 2.21. The van der Waals surface area contributed by atoms with Crippen molar-refractivity contribution < 1.29 is 0 Å². The van der Waals surface area contributed by atoms with Crippen molar-refractivity contribution in [2.75, 3.05) is 12.4 Å². The molecule has 1 N–H and O–H groups in total. The van der Waals surface area contributed by atoms with E-state index >= 15 is 0 Å². The molecule has 8 aromatic rings. The monoisotopic (exact) mass is 681 g/mol. The third-order valence-corrected chi connectivity index (χ3v) is 10.3. The number of hydrogen-bond acceptors (Lipinski definition) is 2. The van der Waals surface area contributed by atoms with E-state index in [1.807, 2.05) is 39.2 Å². The third kappa shape index (κ3) is 6.28. The molecule has 2 heterocycles. The fourth-order valence-corrected chi connectivity index (χ4v) is 8.16. The zero-order valence-corrected chi connectivity index (χ0v) is 30.6. The first-order chi connectivity index (χ1) is 25.2. The van der Waals surface area contributed by atoms with Gasteiger partial charge in [-0.3, -0.25) is 9.56 Å². The van der Waals surface area contributed by atoms with E-state index in [1.54, 1.807) is 6.08 Å². The maximum absolute atomic E-state index is 4.86. The van der Waals surface area contributed by atoms with Gasteiger partial charge in [0.1, 0.15) is 0 Å². The Bertz CT molecular complexity index is 2620. The van der Waals surface area contributed by atoms with Gasteiger partial charge < -0.3 is 5.32 Å². The molecule has 9 rings (SSSR count). The van der Waals surface area contributed by atoms with E-state index in [2.05, 4.69) is 155 Å². The summed E-state index contributed by atoms with van der Waals surface area (Å²) in [5, 5.41) is 15.0. The number of allylic oxidation sites excluding steroid dienone is 7. The Kier molecular flexibility index (Phi) is 9.96. The molecule has 0 unspecified atom stereocenters. The van der Waals surface area contributed by atoms with Crippen LogP contribution in [-0.4, -0.2) is 17.6 Å². The minimum Gasteiger partial charge on any atom is -0.325 e. The molecule has 1 aliphatic rings. The maximum atomic E-state index is 4.86. The number of para-hydroxylation sites is 1. The fourth-order valence-electron chi connectivity index (χ4n) is 7.25. The van der Waals surface area contributed by atoms with Crippen LogP contribution in [0.5, 0.6) is 0 Å². The first kappa shape index (κ1) is 33.8. The van der Waals surface area contributed by atoms with Crippen LogP contribution in [0, 0.1) is 0 Å². The second-order valence-electron chi connectivity index (χ2n) is 12.4. The Morgan fingerprint density at radius 2 is 1.57 bits per heavy atom. The summed E-state index contributed by atoms with van der Waals surface area (Å²) in [4.78, 5) is 4.86. The van der Waals surface area contributed by atoms with E-state index in [-0.39, 0.29) is 0 Å². The van der Waals surface area contributed by atoms with Gasteiger partial charge in [0.05, 0.1) is 11.0 Å². The van der Waals surface area contributed by atoms with E-state index in [9.17, 15) is 0 Å². The SMILES string of the molecule is C=CC.CC.CN=C(Nc1ccccc1CC1=CC=C(c2cccc3ccccc23)CC=C1)n1c2cccc3ccc4c5sccc5cc1c4c32. The standard InChI is InChI=1S/C42H31N3S.C3H6.C2H6/c1-43-42(45-37-18-8-14-30-21-22-35-40(39(30)37)38(45)26-32-23-24-46-41(32)35)44-36-17-5-3-11-31(36)25-27-9-6-12-29(20-19-27)34-16-7-13-28-10-2-4-15-33(28)34;1-3-2;1-2/h2-11,13-24,26H,12,25H2,1H3,(H,43,44);3H,1H2,2H3;1-2H3. The zero-order valence-electron chi connectivity index (χ0n) is 29.8. The highest BCUT2D eigenvalue weighted by Crippen LogP contribution is 2.42. The van der Waals surface area contributed by atoms with Gasteiger partial charge in [0, 0.05) is 33.6 Å². The molecule has 3 nitrogen and oxygen atoms in total. The molecule has 0 fully saturated rings. The third-order valence-electron chi connectivity index (χ3n) is 9.38. The summed E-state index contributed by atoms with van der Waals surface area (Å²) in [5.74, 6) is 0.815. The number of fused-ring (bicyclic) bond motifs is 3. The van der Waals surface area contributed by atoms with Crippen LogP contribution in [0.15, 0.2) is 162 Å². The number of hydrogen-bond donors (Lipinski definition) is 1. The molecule has 6 aromatic carbocycles. The first-order valence-corrected chi connectivity index (χ1v) is 18.7. The molecule has 0 spiro atoms. The van der Waals surface area contributed by atoms with Gasteiger partial charge in [-0.05, 0) is 93.2 Å². The van der Waals surface area contributed by atoms with Crippen molar-refractivity contribution in [3.05, 3.63) is 168 Å². The molecule has 0 amide bonds. The van der Waals surface area contributed by atoms with Gasteiger partial charge in [0.25, 0.3) is 0 Å². The van der Waals surface area contributed by atoms with Gasteiger partial charge in [-0.15, -0.1) is 17.9 Å². The van der Waals surface area contributed by atoms with E-state index in [0.717, 1.165) is 24.5 Å². The molecule has 2 aromatic heterocycles. The number of anilines is 1. The van der Waals surface area contributed by atoms with E-state index < -0.39 is 0 Å². The number of rotatable bonds is 4. The Labute approximate surface area is 304 Å². The van der Waals surface area contributed by atoms with Crippen molar-refractivity contribution in [2.24, 2.45) is 4.99 Å². The summed E-state index contributed by atoms with van der Waals surface area (Å²) >= 11 is 1.81. The van der Waals surface area contributed by atoms with Crippen LogP contribution in [-0.2, 0) is 6.42 Å². The lowest BCUT2D eigenvalue weighted by Gasteiger charge is -2.16. The molecular weight excluding hydrogens is 639 g/mol. The smallest absolute Gasteiger partial charge is 0.207 e. The van der Waals surface area contributed by atoms with Crippen LogP contribution in [0.2, 0.25) is 0 Å². The quantitative estimate of drug-likeness (QED) is 0.0852. The second-order valence-corrected chi connectivity index (χ2v) is 13.3. The number of aromatic nitrogens is 1. The van der Waals surface area contributed by atoms with Crippen LogP contribution in [0.25, 0.3) is 59.0 Å². The average molecular weight is 682 g/mol. The summed E-state index contributed by atoms with van der Waals surface area (Å²) in [6.07, 6.45) is 12.7. The van der Waals surface area contributed by atoms with Crippen molar-refractivity contribution >= 4 is 82.0 Å². The maximum Gasteiger partial charge on any atom is 0.207 e. The molecule has 1 aliphatic carbocycles. The number of benzene rings is 6. The molecule has 0 saturated heterocycles. The summed E-state index contributed by atoms with van der Waals surface area (Å²) in [5.41, 5.74) is 8.57. The van der Waals surface area contributed by atoms with Crippen molar-refractivity contribution in [1.82, 2.24) is 4.57 Å². The van der Waals surface area contributed by atoms with Gasteiger partial charge in [0.2, 0.25) is 5.96 Å². The lowest BCUT2D eigenvalue weighted by molar-refractivity contribution is 1.18. The first-order valence-electron chi connectivity index (χ1n) is 17.8. The Balaban J connectivity index is 0.000000774. The molecule has 0 aliphatic heterocycles. The molecule has 252 valence electrons. The van der Waals surface area contributed by atoms with Crippen LogP contribution in [0.4, 0.5) is 5.69 Å². The number of thiophene rings is 1. The van der Waals surface area contributed by atoms with Crippen molar-refractivity contribution in [2.45, 2.75) is 33.6 Å². The van der Waals surface area contributed by atoms with Crippen molar-refractivity contribution in [3.63, 3.8) is 0 Å². The van der Waals surface area contributed by atoms with Crippen LogP contribution in [0.3, 0.4) is 0 Å². The topological polar surface area (TPSA) is 29.3 Å². The van der Waals surface area contributed by atoms with Crippen LogP contribution < -0.4 is 5.32 Å². The summed E-state index contributed by atoms with van der Waals surface area (Å²) in [7, 11) is 1.88. The lowest BCUT2D eigenvalue weighted by atomic mass is 9.96. The lowest BCUT2D eigenvalue weighted by Crippen LogP contribution is -2.22. The number of nitrogens with one attached hydrogen (secondary N) is 1. The summed E-state index contributed by atoms with van der Waals surface area (Å²) < 4.78 is 3.65. The Morgan fingerprint density at radius 1 is 0.804 bits per heavy atom. The minimum atomic E-state index is 0.815. The summed E-state index contributed by atoms with van der Waals surface area (Å²) in [6.45, 7) is 9.25. The summed E-state index contributed by atoms with van der Waals surface area (Å²) in [6, 6.07) is 39.5. The molecule has 51 heavy (non-hydrogen) atoms. The molecule has 0 saturated carbocycles. The molecule has 0 atom stereocenters. The van der Waals surface area contributed by atoms with Gasteiger partial charge in [-0.25, -0.2) is 0 Å². The number of nitrogens with zero attached hydrogens (tertiary/aromatic N) is 2. The van der Waals surface area contributed by atoms with Crippen LogP contribution >= 0.6 is 11.3 Å². The van der Waals surface area contributed by atoms with Crippen molar-refractivity contribution in [3.8, 4) is 0 Å². The molecular formula is C47H43N3S. The Hall–Kier alpha value is -5.71. The number of aliphatic imine (C=N–C) groups is 1. The van der Waals surface area contributed by atoms with E-state index in [0.29, 0.717) is 0 Å². The zero-order chi connectivity index (χ0) is 35.3. The minimum absolute atomic E-state index is 0.815. The molecule has 0 radical (unpaired) electrons. The molecule has 0 bridgehead atoms. The van der Waals surface area contributed by atoms with E-state index in [4.69, 9.17) is 4.99 Å². The normalized spacial score (nSPS) is 13.1. The highest BCUT2D eigenvalue weighted by atomic mass is 32.1. The second kappa shape index (κ2) is 15.0. The fraction of sp³-hybridized carbons (Fsp3) is 0.128. The predicted octanol–water partition coefficient (Wildman–Crippen LogP) is 13.4. The van der Waals surface area contributed by atoms with Gasteiger partial charge in [-0.1, -0.05) is 129 Å². The van der Waals surface area contributed by atoms with E-state index in [1.165, 1.54) is 75.7 Å². The largest absolute Gasteiger partial charge is 0.325 e. The van der Waals surface area contributed by atoms with Gasteiger partial charge in [-0.2, -0.15) is 0 Å². The van der Waals surface area contributed by atoms with Crippen molar-refractivity contribution in [1.29, 1.82) is 0 Å². The van der Waals surface area contributed by atoms with Crippen LogP contribution in [0.1, 0.15) is 38.3 Å². The highest BCUT2D eigenvalue weighted by molar-refractivity contribution is 7.18. The predicted molar refractivity (Wildman–Crippen MR) is 227 cm³/mol. The molecule has 4 heteroatoms.